The van der Waals surface area contributed by atoms with Gasteiger partial charge in [0.2, 0.25) is 16.0 Å². The summed E-state index contributed by atoms with van der Waals surface area (Å²) in [5, 5.41) is 6.40. The topological polar surface area (TPSA) is 118 Å². The Morgan fingerprint density at radius 3 is 2.61 bits per heavy atom. The van der Waals surface area contributed by atoms with Gasteiger partial charge in [0.1, 0.15) is 28.3 Å². The molecule has 2 aromatic carbocycles. The summed E-state index contributed by atoms with van der Waals surface area (Å²) in [5.41, 5.74) is 1.13. The number of para-hydroxylation sites is 1. The van der Waals surface area contributed by atoms with Crippen molar-refractivity contribution >= 4 is 55.8 Å². The van der Waals surface area contributed by atoms with Crippen LogP contribution in [0.15, 0.2) is 53.6 Å². The summed E-state index contributed by atoms with van der Waals surface area (Å²) in [5.74, 6) is 2.17. The number of methoxy groups -OCH3 is 1. The first kappa shape index (κ1) is 26.9. The standard InChI is InChI=1S/C26H31IN6O4S/c1-33-13-12-19(16-33)37-18-10-11-21(23(14-18)36-2)30-26-28-15-20(27)25(31-26)29-22-8-3-4-9-24(22)38(34,35)32-17-6-5-7-17/h3-4,8-11,14-15,17,19,32H,5-7,12-13,16H2,1-2H3,(H2,28,29,30,31)/t19-/m1/s1. The van der Waals surface area contributed by atoms with E-state index in [0.29, 0.717) is 28.9 Å². The van der Waals surface area contributed by atoms with E-state index in [0.717, 1.165) is 48.1 Å². The Kier molecular flexibility index (Phi) is 8.21. The van der Waals surface area contributed by atoms with Gasteiger partial charge in [-0.15, -0.1) is 0 Å². The average molecular weight is 651 g/mol. The van der Waals surface area contributed by atoms with E-state index in [2.05, 4.69) is 59.9 Å². The zero-order valence-electron chi connectivity index (χ0n) is 21.3. The first-order valence-corrected chi connectivity index (χ1v) is 15.1. The lowest BCUT2D eigenvalue weighted by molar-refractivity contribution is 0.207. The number of hydrogen-bond donors (Lipinski definition) is 3. The highest BCUT2D eigenvalue weighted by molar-refractivity contribution is 14.1. The third-order valence-corrected chi connectivity index (χ3v) is 9.04. The number of ether oxygens (including phenoxy) is 2. The number of hydrogen-bond acceptors (Lipinski definition) is 9. The Labute approximate surface area is 236 Å². The van der Waals surface area contributed by atoms with Gasteiger partial charge in [-0.1, -0.05) is 18.6 Å². The minimum absolute atomic E-state index is 0.00526. The number of benzene rings is 2. The summed E-state index contributed by atoms with van der Waals surface area (Å²) in [6, 6.07) is 12.4. The maximum Gasteiger partial charge on any atom is 0.242 e. The smallest absolute Gasteiger partial charge is 0.242 e. The Morgan fingerprint density at radius 1 is 1.08 bits per heavy atom. The second-order valence-electron chi connectivity index (χ2n) is 9.54. The number of likely N-dealkylation sites (N-methyl/N-ethyl adjacent to an activating group) is 1. The van der Waals surface area contributed by atoms with Gasteiger partial charge in [-0.05, 0) is 73.2 Å². The highest BCUT2D eigenvalue weighted by Gasteiger charge is 2.27. The van der Waals surface area contributed by atoms with Gasteiger partial charge in [0, 0.05) is 31.4 Å². The van der Waals surface area contributed by atoms with Crippen molar-refractivity contribution in [2.45, 2.75) is 42.7 Å². The number of sulfonamides is 1. The van der Waals surface area contributed by atoms with Crippen LogP contribution in [0.3, 0.4) is 0 Å². The van der Waals surface area contributed by atoms with Crippen LogP contribution in [-0.4, -0.2) is 62.7 Å². The fourth-order valence-corrected chi connectivity index (χ4v) is 6.27. The molecule has 38 heavy (non-hydrogen) atoms. The van der Waals surface area contributed by atoms with Gasteiger partial charge < -0.3 is 25.0 Å². The summed E-state index contributed by atoms with van der Waals surface area (Å²) >= 11 is 2.12. The van der Waals surface area contributed by atoms with Crippen molar-refractivity contribution in [3.8, 4) is 11.5 Å². The SMILES string of the molecule is COc1cc(O[C@@H]2CCN(C)C2)ccc1Nc1ncc(I)c(Nc2ccccc2S(=O)(=O)NC2CCC2)n1. The Morgan fingerprint density at radius 2 is 1.89 bits per heavy atom. The van der Waals surface area contributed by atoms with E-state index in [4.69, 9.17) is 9.47 Å². The van der Waals surface area contributed by atoms with Gasteiger partial charge in [0.15, 0.2) is 0 Å². The second-order valence-corrected chi connectivity index (χ2v) is 12.4. The number of likely N-dealkylation sites (tertiary alicyclic amines) is 1. The predicted molar refractivity (Wildman–Crippen MR) is 155 cm³/mol. The zero-order valence-corrected chi connectivity index (χ0v) is 24.3. The number of halogens is 1. The zero-order chi connectivity index (χ0) is 26.7. The van der Waals surface area contributed by atoms with Crippen LogP contribution in [0.5, 0.6) is 11.5 Å². The Balaban J connectivity index is 1.34. The highest BCUT2D eigenvalue weighted by atomic mass is 127. The first-order valence-electron chi connectivity index (χ1n) is 12.5. The van der Waals surface area contributed by atoms with Crippen molar-refractivity contribution in [1.82, 2.24) is 19.6 Å². The van der Waals surface area contributed by atoms with Gasteiger partial charge in [0.05, 0.1) is 22.1 Å². The molecule has 2 fully saturated rings. The molecule has 5 rings (SSSR count). The van der Waals surface area contributed by atoms with Crippen LogP contribution in [-0.2, 0) is 10.0 Å². The molecule has 1 atom stereocenters. The minimum atomic E-state index is -3.67. The second kappa shape index (κ2) is 11.6. The van der Waals surface area contributed by atoms with Crippen LogP contribution in [0.4, 0.5) is 23.1 Å². The number of rotatable bonds is 10. The lowest BCUT2D eigenvalue weighted by atomic mass is 9.94. The average Bonchev–Trinajstić information content (AvgIpc) is 3.29. The molecule has 0 radical (unpaired) electrons. The molecule has 0 amide bonds. The third-order valence-electron chi connectivity index (χ3n) is 6.67. The molecule has 1 aromatic heterocycles. The molecule has 3 N–H and O–H groups in total. The molecule has 12 heteroatoms. The third kappa shape index (κ3) is 6.30. The Bertz CT molecular complexity index is 1400. The predicted octanol–water partition coefficient (Wildman–Crippen LogP) is 4.49. The molecule has 3 aromatic rings. The lowest BCUT2D eigenvalue weighted by Gasteiger charge is -2.26. The van der Waals surface area contributed by atoms with E-state index in [9.17, 15) is 8.42 Å². The number of nitrogens with zero attached hydrogens (tertiary/aromatic N) is 3. The summed E-state index contributed by atoms with van der Waals surface area (Å²) in [4.78, 5) is 11.4. The molecule has 0 bridgehead atoms. The molecule has 1 saturated carbocycles. The van der Waals surface area contributed by atoms with Gasteiger partial charge in [-0.2, -0.15) is 4.98 Å². The molecule has 2 heterocycles. The molecule has 202 valence electrons. The van der Waals surface area contributed by atoms with Crippen LogP contribution >= 0.6 is 22.6 Å². The number of aromatic nitrogens is 2. The van der Waals surface area contributed by atoms with Crippen molar-refractivity contribution in [2.24, 2.45) is 0 Å². The summed E-state index contributed by atoms with van der Waals surface area (Å²) in [6.45, 7) is 1.92. The normalized spacial score (nSPS) is 18.1. The Hall–Kier alpha value is -2.68. The van der Waals surface area contributed by atoms with Crippen LogP contribution in [0.2, 0.25) is 0 Å². The van der Waals surface area contributed by atoms with Gasteiger partial charge >= 0.3 is 0 Å². The van der Waals surface area contributed by atoms with Crippen LogP contribution in [0.1, 0.15) is 25.7 Å². The monoisotopic (exact) mass is 650 g/mol. The fourth-order valence-electron chi connectivity index (χ4n) is 4.41. The van der Waals surface area contributed by atoms with Crippen molar-refractivity contribution in [3.05, 3.63) is 52.2 Å². The van der Waals surface area contributed by atoms with Gasteiger partial charge in [0.25, 0.3) is 0 Å². The number of anilines is 4. The molecule has 0 unspecified atom stereocenters. The first-order chi connectivity index (χ1) is 18.3. The molecular formula is C26H31IN6O4S. The molecule has 1 aliphatic heterocycles. The van der Waals surface area contributed by atoms with E-state index in [-0.39, 0.29) is 17.0 Å². The minimum Gasteiger partial charge on any atom is -0.494 e. The molecule has 10 nitrogen and oxygen atoms in total. The maximum absolute atomic E-state index is 13.0. The van der Waals surface area contributed by atoms with Crippen LogP contribution < -0.4 is 24.8 Å². The van der Waals surface area contributed by atoms with Gasteiger partial charge in [-0.25, -0.2) is 18.1 Å². The molecular weight excluding hydrogens is 619 g/mol. The van der Waals surface area contributed by atoms with Crippen molar-refractivity contribution in [3.63, 3.8) is 0 Å². The molecule has 0 spiro atoms. The van der Waals surface area contributed by atoms with E-state index >= 15 is 0 Å². The molecule has 1 aliphatic carbocycles. The lowest BCUT2D eigenvalue weighted by Crippen LogP contribution is -2.39. The van der Waals surface area contributed by atoms with Crippen LogP contribution in [0.25, 0.3) is 0 Å². The summed E-state index contributed by atoms with van der Waals surface area (Å²) < 4.78 is 41.3. The molecule has 1 saturated heterocycles. The maximum atomic E-state index is 13.0. The van der Waals surface area contributed by atoms with Crippen molar-refractivity contribution < 1.29 is 17.9 Å². The summed E-state index contributed by atoms with van der Waals surface area (Å²) in [7, 11) is 0.0171. The van der Waals surface area contributed by atoms with Gasteiger partial charge in [-0.3, -0.25) is 0 Å². The van der Waals surface area contributed by atoms with Crippen molar-refractivity contribution in [1.29, 1.82) is 0 Å². The number of nitrogens with one attached hydrogen (secondary N) is 3. The van der Waals surface area contributed by atoms with E-state index in [1.165, 1.54) is 0 Å². The van der Waals surface area contributed by atoms with Crippen LogP contribution in [0, 0.1) is 3.57 Å². The summed E-state index contributed by atoms with van der Waals surface area (Å²) in [6.07, 6.45) is 5.59. The highest BCUT2D eigenvalue weighted by Crippen LogP contribution is 2.33. The van der Waals surface area contributed by atoms with E-state index < -0.39 is 10.0 Å². The quantitative estimate of drug-likeness (QED) is 0.273. The van der Waals surface area contributed by atoms with E-state index in [1.807, 2.05) is 18.2 Å². The van der Waals surface area contributed by atoms with E-state index in [1.54, 1.807) is 37.6 Å². The largest absolute Gasteiger partial charge is 0.494 e. The molecule has 2 aliphatic rings. The van der Waals surface area contributed by atoms with Crippen molar-refractivity contribution in [2.75, 3.05) is 37.9 Å². The fraction of sp³-hybridized carbons (Fsp3) is 0.385.